The molecular weight excluding hydrogens is 248 g/mol. The minimum Gasteiger partial charge on any atom is -0.329 e. The van der Waals surface area contributed by atoms with Gasteiger partial charge >= 0.3 is 0 Å². The average Bonchev–Trinajstić information content (AvgIpc) is 2.38. The first kappa shape index (κ1) is 15.1. The summed E-state index contributed by atoms with van der Waals surface area (Å²) in [7, 11) is -1.62. The van der Waals surface area contributed by atoms with Crippen molar-refractivity contribution in [2.75, 3.05) is 20.1 Å². The normalized spacial score (nSPS) is 13.8. The van der Waals surface area contributed by atoms with Crippen LogP contribution in [-0.4, -0.2) is 38.1 Å². The maximum Gasteiger partial charge on any atom is 0.217 e. The molecule has 0 saturated carbocycles. The van der Waals surface area contributed by atoms with Crippen LogP contribution < -0.4 is 5.73 Å². The van der Waals surface area contributed by atoms with Crippen molar-refractivity contribution in [3.63, 3.8) is 0 Å². The Morgan fingerprint density at radius 2 is 1.89 bits per heavy atom. The van der Waals surface area contributed by atoms with Gasteiger partial charge in [0.1, 0.15) is 0 Å². The maximum atomic E-state index is 11.9. The van der Waals surface area contributed by atoms with Crippen LogP contribution in [0.5, 0.6) is 0 Å². The van der Waals surface area contributed by atoms with Gasteiger partial charge in [-0.2, -0.15) is 0 Å². The zero-order valence-corrected chi connectivity index (χ0v) is 11.9. The predicted octanol–water partition coefficient (Wildman–Crippen LogP) is 1.23. The number of aryl methyl sites for hydroxylation is 1. The molecule has 1 unspecified atom stereocenters. The summed E-state index contributed by atoms with van der Waals surface area (Å²) in [5.74, 6) is 0. The molecule has 0 bridgehead atoms. The minimum atomic E-state index is -3.24. The van der Waals surface area contributed by atoms with Crippen LogP contribution in [0.2, 0.25) is 0 Å². The van der Waals surface area contributed by atoms with Crippen molar-refractivity contribution < 1.29 is 8.42 Å². The second kappa shape index (κ2) is 6.87. The Hall–Kier alpha value is -0.910. The topological polar surface area (TPSA) is 63.4 Å². The highest BCUT2D eigenvalue weighted by Gasteiger charge is 2.23. The molecule has 4 nitrogen and oxygen atoms in total. The molecule has 0 amide bonds. The monoisotopic (exact) mass is 270 g/mol. The third-order valence-electron chi connectivity index (χ3n) is 3.06. The molecule has 1 atom stereocenters. The molecule has 0 aliphatic carbocycles. The maximum absolute atomic E-state index is 11.9. The lowest BCUT2D eigenvalue weighted by atomic mass is 10.1. The smallest absolute Gasteiger partial charge is 0.217 e. The summed E-state index contributed by atoms with van der Waals surface area (Å²) in [6.07, 6.45) is 1.70. The number of benzene rings is 1. The largest absolute Gasteiger partial charge is 0.329 e. The number of hydrogen-bond acceptors (Lipinski definition) is 3. The van der Waals surface area contributed by atoms with E-state index < -0.39 is 15.3 Å². The standard InChI is InChI=1S/C13H22N2O2S/c1-12(11-14)18(16,17)15(2)10-6-9-13-7-4-3-5-8-13/h3-5,7-8,12H,6,9-11,14H2,1-2H3. The van der Waals surface area contributed by atoms with Gasteiger partial charge in [0.05, 0.1) is 5.25 Å². The molecule has 0 radical (unpaired) electrons. The molecule has 5 heteroatoms. The fourth-order valence-corrected chi connectivity index (χ4v) is 2.95. The third-order valence-corrected chi connectivity index (χ3v) is 5.32. The molecule has 102 valence electrons. The fraction of sp³-hybridized carbons (Fsp3) is 0.538. The van der Waals surface area contributed by atoms with Crippen molar-refractivity contribution in [2.45, 2.75) is 25.0 Å². The van der Waals surface area contributed by atoms with Crippen LogP contribution in [0, 0.1) is 0 Å². The molecule has 0 aromatic heterocycles. The van der Waals surface area contributed by atoms with Crippen LogP contribution in [0.15, 0.2) is 30.3 Å². The summed E-state index contributed by atoms with van der Waals surface area (Å²) in [5, 5.41) is -0.515. The van der Waals surface area contributed by atoms with Crippen LogP contribution >= 0.6 is 0 Å². The lowest BCUT2D eigenvalue weighted by molar-refractivity contribution is 0.453. The summed E-state index contributed by atoms with van der Waals surface area (Å²) in [5.41, 5.74) is 6.64. The van der Waals surface area contributed by atoms with E-state index in [4.69, 9.17) is 5.73 Å². The highest BCUT2D eigenvalue weighted by molar-refractivity contribution is 7.89. The summed E-state index contributed by atoms with van der Waals surface area (Å²) in [6, 6.07) is 10.1. The average molecular weight is 270 g/mol. The zero-order chi connectivity index (χ0) is 13.6. The van der Waals surface area contributed by atoms with E-state index in [1.54, 1.807) is 14.0 Å². The van der Waals surface area contributed by atoms with E-state index in [0.29, 0.717) is 6.54 Å². The van der Waals surface area contributed by atoms with Crippen molar-refractivity contribution in [1.82, 2.24) is 4.31 Å². The van der Waals surface area contributed by atoms with E-state index in [-0.39, 0.29) is 6.54 Å². The van der Waals surface area contributed by atoms with Crippen molar-refractivity contribution in [3.8, 4) is 0 Å². The highest BCUT2D eigenvalue weighted by Crippen LogP contribution is 2.08. The zero-order valence-electron chi connectivity index (χ0n) is 11.0. The number of sulfonamides is 1. The first-order valence-corrected chi connectivity index (χ1v) is 7.68. The van der Waals surface area contributed by atoms with Crippen LogP contribution in [0.1, 0.15) is 18.9 Å². The van der Waals surface area contributed by atoms with E-state index in [2.05, 4.69) is 12.1 Å². The minimum absolute atomic E-state index is 0.158. The predicted molar refractivity (Wildman–Crippen MR) is 74.8 cm³/mol. The van der Waals surface area contributed by atoms with E-state index in [0.717, 1.165) is 12.8 Å². The van der Waals surface area contributed by atoms with Gasteiger partial charge in [-0.3, -0.25) is 0 Å². The summed E-state index contributed by atoms with van der Waals surface area (Å²) in [4.78, 5) is 0. The Balaban J connectivity index is 2.45. The lowest BCUT2D eigenvalue weighted by Gasteiger charge is -2.20. The van der Waals surface area contributed by atoms with Crippen LogP contribution in [-0.2, 0) is 16.4 Å². The van der Waals surface area contributed by atoms with Gasteiger partial charge in [0, 0.05) is 20.1 Å². The molecule has 0 spiro atoms. The Morgan fingerprint density at radius 3 is 2.44 bits per heavy atom. The van der Waals surface area contributed by atoms with Gasteiger partial charge in [0.2, 0.25) is 10.0 Å². The molecule has 2 N–H and O–H groups in total. The Bertz CT molecular complexity index is 445. The van der Waals surface area contributed by atoms with E-state index in [1.165, 1.54) is 9.87 Å². The van der Waals surface area contributed by atoms with Gasteiger partial charge in [0.25, 0.3) is 0 Å². The van der Waals surface area contributed by atoms with Gasteiger partial charge in [-0.15, -0.1) is 0 Å². The van der Waals surface area contributed by atoms with Gasteiger partial charge < -0.3 is 5.73 Å². The van der Waals surface area contributed by atoms with E-state index in [9.17, 15) is 8.42 Å². The quantitative estimate of drug-likeness (QED) is 0.810. The molecule has 1 rings (SSSR count). The van der Waals surface area contributed by atoms with Crippen LogP contribution in [0.4, 0.5) is 0 Å². The van der Waals surface area contributed by atoms with Crippen LogP contribution in [0.25, 0.3) is 0 Å². The van der Waals surface area contributed by atoms with Crippen molar-refractivity contribution in [3.05, 3.63) is 35.9 Å². The fourth-order valence-electron chi connectivity index (χ4n) is 1.71. The van der Waals surface area contributed by atoms with Crippen molar-refractivity contribution >= 4 is 10.0 Å². The Labute approximate surface area is 110 Å². The molecule has 0 saturated heterocycles. The van der Waals surface area contributed by atoms with Gasteiger partial charge in [-0.1, -0.05) is 30.3 Å². The van der Waals surface area contributed by atoms with E-state index in [1.807, 2.05) is 18.2 Å². The molecule has 1 aromatic carbocycles. The highest BCUT2D eigenvalue weighted by atomic mass is 32.2. The first-order chi connectivity index (χ1) is 8.48. The first-order valence-electron chi connectivity index (χ1n) is 6.17. The Morgan fingerprint density at radius 1 is 1.28 bits per heavy atom. The summed E-state index contributed by atoms with van der Waals surface area (Å²) in [6.45, 7) is 2.33. The molecule has 1 aromatic rings. The SMILES string of the molecule is CC(CN)S(=O)(=O)N(C)CCCc1ccccc1. The van der Waals surface area contributed by atoms with Crippen LogP contribution in [0.3, 0.4) is 0 Å². The summed E-state index contributed by atoms with van der Waals surface area (Å²) < 4.78 is 25.3. The number of hydrogen-bond donors (Lipinski definition) is 1. The van der Waals surface area contributed by atoms with Gasteiger partial charge in [-0.05, 0) is 25.3 Å². The molecule has 18 heavy (non-hydrogen) atoms. The molecule has 0 fully saturated rings. The number of nitrogens with zero attached hydrogens (tertiary/aromatic N) is 1. The second-order valence-corrected chi connectivity index (χ2v) is 6.96. The number of nitrogens with two attached hydrogens (primary N) is 1. The summed E-state index contributed by atoms with van der Waals surface area (Å²) >= 11 is 0. The second-order valence-electron chi connectivity index (χ2n) is 4.50. The van der Waals surface area contributed by atoms with Gasteiger partial charge in [-0.25, -0.2) is 12.7 Å². The molecule has 0 heterocycles. The number of rotatable bonds is 7. The van der Waals surface area contributed by atoms with Crippen molar-refractivity contribution in [1.29, 1.82) is 0 Å². The van der Waals surface area contributed by atoms with E-state index >= 15 is 0 Å². The molecule has 0 aliphatic heterocycles. The Kier molecular flexibility index (Phi) is 5.78. The van der Waals surface area contributed by atoms with Crippen molar-refractivity contribution in [2.24, 2.45) is 5.73 Å². The lowest BCUT2D eigenvalue weighted by Crippen LogP contribution is -2.39. The molecular formula is C13H22N2O2S. The van der Waals surface area contributed by atoms with Gasteiger partial charge in [0.15, 0.2) is 0 Å². The third kappa shape index (κ3) is 4.08. The molecule has 0 aliphatic rings.